The van der Waals surface area contributed by atoms with Crippen molar-refractivity contribution in [3.63, 3.8) is 0 Å². The molecule has 2 aromatic carbocycles. The normalized spacial score (nSPS) is 15.4. The van der Waals surface area contributed by atoms with Crippen molar-refractivity contribution in [1.82, 2.24) is 10.2 Å². The lowest BCUT2D eigenvalue weighted by molar-refractivity contribution is -0.119. The monoisotopic (exact) mass is 398 g/mol. The highest BCUT2D eigenvalue weighted by Gasteiger charge is 2.24. The number of anilines is 1. The third-order valence-electron chi connectivity index (χ3n) is 4.71. The Morgan fingerprint density at radius 2 is 1.89 bits per heavy atom. The standard InChI is InChI=1S/C21H23ClN4O2/c22-19-4-2-1-3-18(19)20(26-9-11-28-12-10-26)14-25-21(27)15-24-17-7-5-16(13-23)6-8-17/h1-8,20,24H,9-12,14-15H2,(H,25,27). The van der Waals surface area contributed by atoms with E-state index in [2.05, 4.69) is 21.6 Å². The highest BCUT2D eigenvalue weighted by Crippen LogP contribution is 2.27. The van der Waals surface area contributed by atoms with Gasteiger partial charge in [-0.3, -0.25) is 9.69 Å². The number of nitriles is 1. The number of nitrogens with zero attached hydrogens (tertiary/aromatic N) is 2. The Labute approximate surface area is 170 Å². The predicted molar refractivity (Wildman–Crippen MR) is 109 cm³/mol. The Kier molecular flexibility index (Phi) is 7.26. The molecule has 2 aromatic rings. The molecule has 1 fully saturated rings. The molecule has 1 heterocycles. The Bertz CT molecular complexity index is 829. The highest BCUT2D eigenvalue weighted by atomic mass is 35.5. The molecular formula is C21H23ClN4O2. The zero-order chi connectivity index (χ0) is 19.8. The Morgan fingerprint density at radius 1 is 1.18 bits per heavy atom. The topological polar surface area (TPSA) is 77.4 Å². The quantitative estimate of drug-likeness (QED) is 0.749. The first kappa shape index (κ1) is 20.2. The summed E-state index contributed by atoms with van der Waals surface area (Å²) >= 11 is 6.41. The number of ether oxygens (including phenoxy) is 1. The van der Waals surface area contributed by atoms with Gasteiger partial charge < -0.3 is 15.4 Å². The first-order chi connectivity index (χ1) is 13.7. The molecule has 7 heteroatoms. The molecule has 3 rings (SSSR count). The second-order valence-corrected chi connectivity index (χ2v) is 6.94. The predicted octanol–water partition coefficient (Wildman–Crippen LogP) is 2.81. The summed E-state index contributed by atoms with van der Waals surface area (Å²) in [7, 11) is 0. The molecule has 1 amide bonds. The summed E-state index contributed by atoms with van der Waals surface area (Å²) in [6, 6.07) is 16.8. The largest absolute Gasteiger partial charge is 0.379 e. The zero-order valence-corrected chi connectivity index (χ0v) is 16.3. The number of nitrogens with one attached hydrogen (secondary N) is 2. The van der Waals surface area contributed by atoms with Crippen LogP contribution in [0.15, 0.2) is 48.5 Å². The summed E-state index contributed by atoms with van der Waals surface area (Å²) in [4.78, 5) is 14.6. The molecule has 0 aromatic heterocycles. The van der Waals surface area contributed by atoms with Gasteiger partial charge in [0.2, 0.25) is 5.91 Å². The van der Waals surface area contributed by atoms with Gasteiger partial charge in [-0.05, 0) is 35.9 Å². The number of benzene rings is 2. The lowest BCUT2D eigenvalue weighted by Crippen LogP contribution is -2.44. The number of morpholine rings is 1. The van der Waals surface area contributed by atoms with Gasteiger partial charge in [0.1, 0.15) is 0 Å². The minimum absolute atomic E-state index is 0.00328. The number of hydrogen-bond donors (Lipinski definition) is 2. The minimum atomic E-state index is -0.102. The van der Waals surface area contributed by atoms with Crippen LogP contribution in [0.5, 0.6) is 0 Å². The summed E-state index contributed by atoms with van der Waals surface area (Å²) in [6.07, 6.45) is 0. The second kappa shape index (κ2) is 10.1. The van der Waals surface area contributed by atoms with Crippen LogP contribution < -0.4 is 10.6 Å². The molecule has 1 aliphatic heterocycles. The van der Waals surface area contributed by atoms with Crippen molar-refractivity contribution < 1.29 is 9.53 Å². The van der Waals surface area contributed by atoms with E-state index in [1.54, 1.807) is 24.3 Å². The maximum atomic E-state index is 12.3. The summed E-state index contributed by atoms with van der Waals surface area (Å²) < 4.78 is 5.45. The molecular weight excluding hydrogens is 376 g/mol. The molecule has 0 spiro atoms. The van der Waals surface area contributed by atoms with Gasteiger partial charge in [0.05, 0.1) is 37.4 Å². The molecule has 1 unspecified atom stereocenters. The van der Waals surface area contributed by atoms with Crippen LogP contribution in [0.4, 0.5) is 5.69 Å². The number of halogens is 1. The van der Waals surface area contributed by atoms with Gasteiger partial charge in [-0.25, -0.2) is 0 Å². The fraction of sp³-hybridized carbons (Fsp3) is 0.333. The van der Waals surface area contributed by atoms with Crippen LogP contribution in [0, 0.1) is 11.3 Å². The van der Waals surface area contributed by atoms with E-state index in [1.807, 2.05) is 24.3 Å². The first-order valence-corrected chi connectivity index (χ1v) is 9.62. The zero-order valence-electron chi connectivity index (χ0n) is 15.5. The molecule has 1 saturated heterocycles. The van der Waals surface area contributed by atoms with Crippen LogP contribution in [-0.2, 0) is 9.53 Å². The van der Waals surface area contributed by atoms with Crippen molar-refractivity contribution in [2.45, 2.75) is 6.04 Å². The molecule has 146 valence electrons. The lowest BCUT2D eigenvalue weighted by atomic mass is 10.0. The van der Waals surface area contributed by atoms with E-state index in [1.165, 1.54) is 0 Å². The number of amides is 1. The lowest BCUT2D eigenvalue weighted by Gasteiger charge is -2.35. The van der Waals surface area contributed by atoms with E-state index in [9.17, 15) is 4.79 Å². The summed E-state index contributed by atoms with van der Waals surface area (Å²) in [6.45, 7) is 3.58. The van der Waals surface area contributed by atoms with Gasteiger partial charge in [0.25, 0.3) is 0 Å². The van der Waals surface area contributed by atoms with Gasteiger partial charge in [0.15, 0.2) is 0 Å². The maximum absolute atomic E-state index is 12.3. The summed E-state index contributed by atoms with van der Waals surface area (Å²) in [5, 5.41) is 15.6. The summed E-state index contributed by atoms with van der Waals surface area (Å²) in [5.41, 5.74) is 2.39. The maximum Gasteiger partial charge on any atom is 0.239 e. The van der Waals surface area contributed by atoms with Gasteiger partial charge in [-0.1, -0.05) is 29.8 Å². The highest BCUT2D eigenvalue weighted by molar-refractivity contribution is 6.31. The molecule has 0 aliphatic carbocycles. The minimum Gasteiger partial charge on any atom is -0.379 e. The Morgan fingerprint density at radius 3 is 2.57 bits per heavy atom. The molecule has 1 atom stereocenters. The fourth-order valence-corrected chi connectivity index (χ4v) is 3.45. The molecule has 0 radical (unpaired) electrons. The molecule has 0 saturated carbocycles. The third kappa shape index (κ3) is 5.46. The van der Waals surface area contributed by atoms with Gasteiger partial charge in [-0.2, -0.15) is 5.26 Å². The average Bonchev–Trinajstić information content (AvgIpc) is 2.74. The average molecular weight is 399 g/mol. The van der Waals surface area contributed by atoms with E-state index in [-0.39, 0.29) is 18.5 Å². The molecule has 2 N–H and O–H groups in total. The number of rotatable bonds is 7. The summed E-state index contributed by atoms with van der Waals surface area (Å²) in [5.74, 6) is -0.102. The van der Waals surface area contributed by atoms with Gasteiger partial charge >= 0.3 is 0 Å². The molecule has 6 nitrogen and oxygen atoms in total. The van der Waals surface area contributed by atoms with E-state index >= 15 is 0 Å². The van der Waals surface area contributed by atoms with Crippen LogP contribution in [0.2, 0.25) is 5.02 Å². The molecule has 28 heavy (non-hydrogen) atoms. The van der Waals surface area contributed by atoms with Crippen LogP contribution in [-0.4, -0.2) is 50.2 Å². The van der Waals surface area contributed by atoms with E-state index in [0.717, 1.165) is 24.3 Å². The fourth-order valence-electron chi connectivity index (χ4n) is 3.19. The first-order valence-electron chi connectivity index (χ1n) is 9.24. The second-order valence-electron chi connectivity index (χ2n) is 6.53. The molecule has 1 aliphatic rings. The molecule has 0 bridgehead atoms. The van der Waals surface area contributed by atoms with E-state index < -0.39 is 0 Å². The smallest absolute Gasteiger partial charge is 0.239 e. The van der Waals surface area contributed by atoms with Crippen LogP contribution in [0.25, 0.3) is 0 Å². The number of carbonyl (C=O) groups is 1. The third-order valence-corrected chi connectivity index (χ3v) is 5.05. The van der Waals surface area contributed by atoms with Crippen LogP contribution in [0.3, 0.4) is 0 Å². The van der Waals surface area contributed by atoms with Gasteiger partial charge in [0, 0.05) is 30.3 Å². The Hall–Kier alpha value is -2.59. The van der Waals surface area contributed by atoms with Crippen molar-refractivity contribution in [3.8, 4) is 6.07 Å². The van der Waals surface area contributed by atoms with Crippen molar-refractivity contribution in [1.29, 1.82) is 5.26 Å². The van der Waals surface area contributed by atoms with Crippen molar-refractivity contribution in [2.24, 2.45) is 0 Å². The van der Waals surface area contributed by atoms with E-state index in [0.29, 0.717) is 30.3 Å². The number of carbonyl (C=O) groups excluding carboxylic acids is 1. The SMILES string of the molecule is N#Cc1ccc(NCC(=O)NCC(c2ccccc2Cl)N2CCOCC2)cc1. The van der Waals surface area contributed by atoms with Gasteiger partial charge in [-0.15, -0.1) is 0 Å². The van der Waals surface area contributed by atoms with Crippen LogP contribution in [0.1, 0.15) is 17.2 Å². The van der Waals surface area contributed by atoms with Crippen molar-refractivity contribution in [2.75, 3.05) is 44.7 Å². The van der Waals surface area contributed by atoms with Crippen molar-refractivity contribution >= 4 is 23.2 Å². The van der Waals surface area contributed by atoms with Crippen LogP contribution >= 0.6 is 11.6 Å². The van der Waals surface area contributed by atoms with E-state index in [4.69, 9.17) is 21.6 Å². The number of hydrogen-bond acceptors (Lipinski definition) is 5. The Balaban J connectivity index is 1.58. The van der Waals surface area contributed by atoms with Crippen molar-refractivity contribution in [3.05, 3.63) is 64.7 Å².